The smallest absolute Gasteiger partial charge is 0.226 e. The number of fused-ring (bicyclic) bond motifs is 1. The highest BCUT2D eigenvalue weighted by molar-refractivity contribution is 5.79. The van der Waals surface area contributed by atoms with Gasteiger partial charge in [-0.1, -0.05) is 12.5 Å². The van der Waals surface area contributed by atoms with Crippen molar-refractivity contribution in [2.75, 3.05) is 6.54 Å². The highest BCUT2D eigenvalue weighted by Crippen LogP contribution is 2.29. The van der Waals surface area contributed by atoms with E-state index in [0.717, 1.165) is 24.9 Å². The van der Waals surface area contributed by atoms with Crippen LogP contribution in [0.5, 0.6) is 0 Å². The molecule has 126 valence electrons. The van der Waals surface area contributed by atoms with Gasteiger partial charge in [0.1, 0.15) is 0 Å². The Bertz CT molecular complexity index is 694. The Labute approximate surface area is 142 Å². The zero-order chi connectivity index (χ0) is 16.4. The van der Waals surface area contributed by atoms with Gasteiger partial charge in [0, 0.05) is 36.7 Å². The summed E-state index contributed by atoms with van der Waals surface area (Å²) in [7, 11) is 0. The molecule has 0 aromatic carbocycles. The van der Waals surface area contributed by atoms with Crippen molar-refractivity contribution in [1.29, 1.82) is 0 Å². The van der Waals surface area contributed by atoms with Crippen molar-refractivity contribution in [3.8, 4) is 0 Å². The molecule has 1 aliphatic carbocycles. The van der Waals surface area contributed by atoms with Gasteiger partial charge < -0.3 is 14.2 Å². The molecule has 0 N–H and O–H groups in total. The van der Waals surface area contributed by atoms with Crippen LogP contribution in [0.15, 0.2) is 42.9 Å². The number of amides is 1. The molecule has 1 saturated carbocycles. The minimum absolute atomic E-state index is 0.00267. The van der Waals surface area contributed by atoms with Crippen molar-refractivity contribution in [3.05, 3.63) is 54.1 Å². The Balaban J connectivity index is 1.47. The van der Waals surface area contributed by atoms with E-state index in [4.69, 9.17) is 4.74 Å². The number of carbonyl (C=O) groups excluding carboxylic acids is 1. The number of rotatable bonds is 4. The molecule has 2 aromatic rings. The maximum Gasteiger partial charge on any atom is 0.226 e. The summed E-state index contributed by atoms with van der Waals surface area (Å²) >= 11 is 0. The largest absolute Gasteiger partial charge is 0.370 e. The van der Waals surface area contributed by atoms with E-state index in [9.17, 15) is 4.79 Å². The lowest BCUT2D eigenvalue weighted by molar-refractivity contribution is -0.140. The van der Waals surface area contributed by atoms with E-state index in [1.165, 1.54) is 12.1 Å². The molecule has 1 amide bonds. The van der Waals surface area contributed by atoms with Crippen molar-refractivity contribution in [2.24, 2.45) is 5.92 Å². The lowest BCUT2D eigenvalue weighted by Crippen LogP contribution is -2.42. The summed E-state index contributed by atoms with van der Waals surface area (Å²) in [5, 5.41) is 0. The quantitative estimate of drug-likeness (QED) is 0.868. The summed E-state index contributed by atoms with van der Waals surface area (Å²) in [4.78, 5) is 18.9. The highest BCUT2D eigenvalue weighted by atomic mass is 16.5. The van der Waals surface area contributed by atoms with Crippen molar-refractivity contribution >= 4 is 5.91 Å². The van der Waals surface area contributed by atoms with Gasteiger partial charge in [-0.3, -0.25) is 9.78 Å². The van der Waals surface area contributed by atoms with E-state index in [2.05, 4.69) is 21.8 Å². The second-order valence-corrected chi connectivity index (χ2v) is 6.79. The summed E-state index contributed by atoms with van der Waals surface area (Å²) in [6, 6.07) is 8.08. The molecule has 3 heterocycles. The number of hydrogen-bond acceptors (Lipinski definition) is 3. The topological polar surface area (TPSA) is 47.4 Å². The average Bonchev–Trinajstić information content (AvgIpc) is 2.90. The van der Waals surface area contributed by atoms with E-state index in [-0.39, 0.29) is 12.0 Å². The third-order valence-electron chi connectivity index (χ3n) is 5.08. The minimum Gasteiger partial charge on any atom is -0.370 e. The Morgan fingerprint density at radius 2 is 2.17 bits per heavy atom. The normalized spacial score (nSPS) is 21.0. The van der Waals surface area contributed by atoms with Crippen molar-refractivity contribution in [2.45, 2.75) is 45.1 Å². The first-order valence-corrected chi connectivity index (χ1v) is 8.73. The van der Waals surface area contributed by atoms with Gasteiger partial charge in [-0.25, -0.2) is 0 Å². The molecule has 4 rings (SSSR count). The van der Waals surface area contributed by atoms with Gasteiger partial charge in [0.05, 0.1) is 25.8 Å². The van der Waals surface area contributed by atoms with Gasteiger partial charge in [-0.2, -0.15) is 0 Å². The van der Waals surface area contributed by atoms with Crippen LogP contribution in [0.1, 0.15) is 30.5 Å². The van der Waals surface area contributed by atoms with Crippen LogP contribution in [-0.2, 0) is 29.2 Å². The van der Waals surface area contributed by atoms with Crippen LogP contribution in [0.2, 0.25) is 0 Å². The van der Waals surface area contributed by atoms with E-state index < -0.39 is 0 Å². The van der Waals surface area contributed by atoms with Crippen LogP contribution in [0.4, 0.5) is 0 Å². The van der Waals surface area contributed by atoms with Crippen molar-refractivity contribution < 1.29 is 9.53 Å². The van der Waals surface area contributed by atoms with Crippen LogP contribution in [0.25, 0.3) is 0 Å². The fraction of sp³-hybridized carbons (Fsp3) is 0.474. The van der Waals surface area contributed by atoms with Crippen LogP contribution < -0.4 is 0 Å². The monoisotopic (exact) mass is 325 g/mol. The molecule has 1 fully saturated rings. The third kappa shape index (κ3) is 3.22. The fourth-order valence-electron chi connectivity index (χ4n) is 3.44. The maximum absolute atomic E-state index is 12.7. The van der Waals surface area contributed by atoms with E-state index in [0.29, 0.717) is 25.6 Å². The maximum atomic E-state index is 12.7. The molecule has 0 bridgehead atoms. The molecule has 2 aliphatic rings. The van der Waals surface area contributed by atoms with Crippen LogP contribution in [-0.4, -0.2) is 33.0 Å². The lowest BCUT2D eigenvalue weighted by atomic mass is 9.84. The second kappa shape index (κ2) is 6.77. The molecule has 0 spiro atoms. The molecule has 0 radical (unpaired) electrons. The Kier molecular flexibility index (Phi) is 4.34. The van der Waals surface area contributed by atoms with Crippen LogP contribution in [0.3, 0.4) is 0 Å². The SMILES string of the molecule is O=C(C1CCC1)N1Cc2cccn2CC(OCc2cccnc2)C1. The van der Waals surface area contributed by atoms with Gasteiger partial charge in [0.15, 0.2) is 0 Å². The van der Waals surface area contributed by atoms with Gasteiger partial charge >= 0.3 is 0 Å². The van der Waals surface area contributed by atoms with Gasteiger partial charge in [0.2, 0.25) is 5.91 Å². The standard InChI is InChI=1S/C19H23N3O2/c23-19(16-5-1-6-16)22-11-17-7-3-9-21(17)12-18(13-22)24-14-15-4-2-8-20-10-15/h2-4,7-10,16,18H,1,5-6,11-14H2. The zero-order valence-corrected chi connectivity index (χ0v) is 13.8. The van der Waals surface area contributed by atoms with Crippen LogP contribution in [0, 0.1) is 5.92 Å². The minimum atomic E-state index is 0.00267. The zero-order valence-electron chi connectivity index (χ0n) is 13.8. The highest BCUT2D eigenvalue weighted by Gasteiger charge is 2.32. The number of hydrogen-bond donors (Lipinski definition) is 0. The molecule has 0 saturated heterocycles. The number of ether oxygens (including phenoxy) is 1. The molecular formula is C19H23N3O2. The van der Waals surface area contributed by atoms with Gasteiger partial charge in [-0.05, 0) is 36.6 Å². The Hall–Kier alpha value is -2.14. The summed E-state index contributed by atoms with van der Waals surface area (Å²) < 4.78 is 8.34. The summed E-state index contributed by atoms with van der Waals surface area (Å²) in [5.41, 5.74) is 2.25. The van der Waals surface area contributed by atoms with Crippen LogP contribution >= 0.6 is 0 Å². The van der Waals surface area contributed by atoms with Crippen molar-refractivity contribution in [3.63, 3.8) is 0 Å². The number of aromatic nitrogens is 2. The first kappa shape index (κ1) is 15.4. The summed E-state index contributed by atoms with van der Waals surface area (Å²) in [6.45, 7) is 2.67. The molecule has 2 aromatic heterocycles. The summed E-state index contributed by atoms with van der Waals surface area (Å²) in [5.74, 6) is 0.524. The number of carbonyl (C=O) groups is 1. The first-order chi connectivity index (χ1) is 11.8. The predicted octanol–water partition coefficient (Wildman–Crippen LogP) is 2.61. The molecule has 24 heavy (non-hydrogen) atoms. The predicted molar refractivity (Wildman–Crippen MR) is 90.0 cm³/mol. The molecule has 1 aliphatic heterocycles. The lowest BCUT2D eigenvalue weighted by Gasteiger charge is -2.32. The summed E-state index contributed by atoms with van der Waals surface area (Å²) in [6.07, 6.45) is 8.93. The average molecular weight is 325 g/mol. The fourth-order valence-corrected chi connectivity index (χ4v) is 3.44. The molecule has 1 atom stereocenters. The Morgan fingerprint density at radius 1 is 1.25 bits per heavy atom. The second-order valence-electron chi connectivity index (χ2n) is 6.79. The first-order valence-electron chi connectivity index (χ1n) is 8.73. The van der Waals surface area contributed by atoms with E-state index in [1.54, 1.807) is 6.20 Å². The molecule has 5 heteroatoms. The van der Waals surface area contributed by atoms with Crippen molar-refractivity contribution in [1.82, 2.24) is 14.5 Å². The van der Waals surface area contributed by atoms with E-state index in [1.807, 2.05) is 29.3 Å². The van der Waals surface area contributed by atoms with E-state index >= 15 is 0 Å². The molecular weight excluding hydrogens is 302 g/mol. The molecule has 5 nitrogen and oxygen atoms in total. The number of nitrogens with zero attached hydrogens (tertiary/aromatic N) is 3. The third-order valence-corrected chi connectivity index (χ3v) is 5.08. The van der Waals surface area contributed by atoms with Gasteiger partial charge in [0.25, 0.3) is 0 Å². The Morgan fingerprint density at radius 3 is 2.92 bits per heavy atom. The molecule has 1 unspecified atom stereocenters. The number of pyridine rings is 1. The van der Waals surface area contributed by atoms with Gasteiger partial charge in [-0.15, -0.1) is 0 Å².